The molecule has 0 aliphatic rings. The molecule has 36 heavy (non-hydrogen) atoms. The number of carbonyl (C=O) groups is 2. The number of nitrogens with zero attached hydrogens (tertiary/aromatic N) is 2. The second kappa shape index (κ2) is 12.8. The summed E-state index contributed by atoms with van der Waals surface area (Å²) >= 11 is 0. The molecule has 0 bridgehead atoms. The smallest absolute Gasteiger partial charge is 0.242 e. The van der Waals surface area contributed by atoms with Gasteiger partial charge >= 0.3 is 0 Å². The second-order valence-corrected chi connectivity index (χ2v) is 11.7. The molecule has 2 amide bonds. The lowest BCUT2D eigenvalue weighted by Crippen LogP contribution is -2.52. The van der Waals surface area contributed by atoms with Gasteiger partial charge in [0.05, 0.1) is 18.6 Å². The van der Waals surface area contributed by atoms with Crippen molar-refractivity contribution in [2.24, 2.45) is 0 Å². The molecule has 0 radical (unpaired) electrons. The number of para-hydroxylation sites is 2. The molecule has 9 heteroatoms. The number of anilines is 1. The third-order valence-corrected chi connectivity index (χ3v) is 6.63. The van der Waals surface area contributed by atoms with Crippen LogP contribution in [0.4, 0.5) is 5.69 Å². The van der Waals surface area contributed by atoms with E-state index >= 15 is 0 Å². The van der Waals surface area contributed by atoms with Crippen LogP contribution in [-0.2, 0) is 26.2 Å². The Morgan fingerprint density at radius 2 is 1.64 bits per heavy atom. The van der Waals surface area contributed by atoms with Crippen molar-refractivity contribution in [2.75, 3.05) is 23.7 Å². The summed E-state index contributed by atoms with van der Waals surface area (Å²) in [6.45, 7) is 10.00. The molecule has 8 nitrogen and oxygen atoms in total. The zero-order chi connectivity index (χ0) is 26.9. The minimum atomic E-state index is -3.61. The lowest BCUT2D eigenvalue weighted by Gasteiger charge is -2.32. The predicted octanol–water partition coefficient (Wildman–Crippen LogP) is 3.96. The first kappa shape index (κ1) is 29.2. The Morgan fingerprint density at radius 3 is 2.22 bits per heavy atom. The van der Waals surface area contributed by atoms with Gasteiger partial charge in [0.25, 0.3) is 0 Å². The summed E-state index contributed by atoms with van der Waals surface area (Å²) in [5.74, 6) is 0.00655. The normalized spacial score (nSPS) is 12.5. The topological polar surface area (TPSA) is 96.0 Å². The van der Waals surface area contributed by atoms with E-state index in [2.05, 4.69) is 5.32 Å². The highest BCUT2D eigenvalue weighted by molar-refractivity contribution is 7.92. The van der Waals surface area contributed by atoms with Crippen molar-refractivity contribution in [1.82, 2.24) is 10.2 Å². The quantitative estimate of drug-likeness (QED) is 0.460. The van der Waals surface area contributed by atoms with E-state index < -0.39 is 21.6 Å². The van der Waals surface area contributed by atoms with Crippen LogP contribution in [0.25, 0.3) is 0 Å². The van der Waals surface area contributed by atoms with Gasteiger partial charge in [-0.3, -0.25) is 13.9 Å². The van der Waals surface area contributed by atoms with Gasteiger partial charge in [0.15, 0.2) is 0 Å². The van der Waals surface area contributed by atoms with Gasteiger partial charge in [0.2, 0.25) is 21.8 Å². The monoisotopic (exact) mass is 517 g/mol. The van der Waals surface area contributed by atoms with Gasteiger partial charge in [-0.1, -0.05) is 42.5 Å². The van der Waals surface area contributed by atoms with Gasteiger partial charge in [0.1, 0.15) is 11.8 Å². The van der Waals surface area contributed by atoms with Gasteiger partial charge < -0.3 is 15.0 Å². The number of carbonyl (C=O) groups excluding carboxylic acids is 2. The van der Waals surface area contributed by atoms with Crippen LogP contribution in [0.1, 0.15) is 53.0 Å². The maximum atomic E-state index is 13.3. The van der Waals surface area contributed by atoms with Gasteiger partial charge in [-0.2, -0.15) is 0 Å². The van der Waals surface area contributed by atoms with Crippen molar-refractivity contribution in [3.8, 4) is 5.75 Å². The van der Waals surface area contributed by atoms with Crippen LogP contribution in [-0.4, -0.2) is 56.1 Å². The molecule has 2 rings (SSSR count). The maximum absolute atomic E-state index is 13.3. The van der Waals surface area contributed by atoms with Gasteiger partial charge in [-0.05, 0) is 58.7 Å². The van der Waals surface area contributed by atoms with E-state index in [0.29, 0.717) is 18.0 Å². The highest BCUT2D eigenvalue weighted by Gasteiger charge is 2.29. The Bertz CT molecular complexity index is 1110. The highest BCUT2D eigenvalue weighted by Crippen LogP contribution is 2.30. The van der Waals surface area contributed by atoms with E-state index in [0.717, 1.165) is 11.8 Å². The molecule has 0 saturated carbocycles. The number of hydrogen-bond donors (Lipinski definition) is 1. The number of amides is 2. The Balaban J connectivity index is 2.20. The molecule has 0 spiro atoms. The maximum Gasteiger partial charge on any atom is 0.242 e. The summed E-state index contributed by atoms with van der Waals surface area (Å²) in [4.78, 5) is 27.8. The van der Waals surface area contributed by atoms with Crippen molar-refractivity contribution >= 4 is 27.5 Å². The zero-order valence-electron chi connectivity index (χ0n) is 22.2. The van der Waals surface area contributed by atoms with Crippen LogP contribution in [0.2, 0.25) is 0 Å². The number of ether oxygens (including phenoxy) is 1. The van der Waals surface area contributed by atoms with Crippen molar-refractivity contribution in [3.05, 3.63) is 60.2 Å². The molecule has 1 atom stereocenters. The average molecular weight is 518 g/mol. The summed E-state index contributed by atoms with van der Waals surface area (Å²) in [7, 11) is -3.61. The molecule has 0 heterocycles. The Morgan fingerprint density at radius 1 is 1.03 bits per heavy atom. The fourth-order valence-electron chi connectivity index (χ4n) is 3.76. The number of rotatable bonds is 12. The molecule has 0 aliphatic carbocycles. The zero-order valence-corrected chi connectivity index (χ0v) is 23.0. The van der Waals surface area contributed by atoms with E-state index in [1.54, 1.807) is 36.1 Å². The minimum absolute atomic E-state index is 0.0861. The van der Waals surface area contributed by atoms with Crippen molar-refractivity contribution in [2.45, 2.75) is 65.6 Å². The van der Waals surface area contributed by atoms with E-state index in [1.165, 1.54) is 4.31 Å². The van der Waals surface area contributed by atoms with Crippen molar-refractivity contribution in [1.29, 1.82) is 0 Å². The molecule has 2 aromatic rings. The lowest BCUT2D eigenvalue weighted by molar-refractivity contribution is -0.141. The first-order valence-electron chi connectivity index (χ1n) is 12.2. The third kappa shape index (κ3) is 8.86. The average Bonchev–Trinajstić information content (AvgIpc) is 2.79. The first-order chi connectivity index (χ1) is 16.8. The molecule has 198 valence electrons. The fourth-order valence-corrected chi connectivity index (χ4v) is 4.73. The number of sulfonamides is 1. The minimum Gasteiger partial charge on any atom is -0.492 e. The highest BCUT2D eigenvalue weighted by atomic mass is 32.2. The van der Waals surface area contributed by atoms with E-state index in [-0.39, 0.29) is 37.7 Å². The molecular formula is C27H39N3O5S. The third-order valence-electron chi connectivity index (χ3n) is 5.45. The second-order valence-electron chi connectivity index (χ2n) is 9.76. The fraction of sp³-hybridized carbons (Fsp3) is 0.481. The molecule has 1 N–H and O–H groups in total. The van der Waals surface area contributed by atoms with Crippen LogP contribution >= 0.6 is 0 Å². The van der Waals surface area contributed by atoms with Crippen LogP contribution in [0.5, 0.6) is 5.75 Å². The summed E-state index contributed by atoms with van der Waals surface area (Å²) in [6.07, 6.45) is 1.51. The molecule has 0 aliphatic heterocycles. The SMILES string of the molecule is CCOc1ccccc1N(CCCC(=O)N(Cc1ccccc1)[C@@H](C)C(=O)NC(C)(C)C)S(C)(=O)=O. The summed E-state index contributed by atoms with van der Waals surface area (Å²) in [5, 5.41) is 2.94. The summed E-state index contributed by atoms with van der Waals surface area (Å²) in [6, 6.07) is 15.7. The lowest BCUT2D eigenvalue weighted by atomic mass is 10.1. The molecule has 0 saturated heterocycles. The Hall–Kier alpha value is -3.07. The van der Waals surface area contributed by atoms with Crippen molar-refractivity contribution in [3.63, 3.8) is 0 Å². The molecule has 2 aromatic carbocycles. The van der Waals surface area contributed by atoms with Gasteiger partial charge in [-0.15, -0.1) is 0 Å². The van der Waals surface area contributed by atoms with Crippen molar-refractivity contribution < 1.29 is 22.7 Å². The first-order valence-corrected chi connectivity index (χ1v) is 14.0. The number of hydrogen-bond acceptors (Lipinski definition) is 5. The van der Waals surface area contributed by atoms with Crippen LogP contribution in [0.15, 0.2) is 54.6 Å². The standard InChI is InChI=1S/C27H39N3O5S/c1-7-35-24-17-12-11-16-23(24)30(36(6,33)34)19-13-18-25(31)29(20-22-14-9-8-10-15-22)21(2)26(32)28-27(3,4)5/h8-12,14-17,21H,7,13,18-20H2,1-6H3,(H,28,32)/t21-/m0/s1. The largest absolute Gasteiger partial charge is 0.492 e. The summed E-state index contributed by atoms with van der Waals surface area (Å²) in [5.41, 5.74) is 0.912. The van der Waals surface area contributed by atoms with Gasteiger partial charge in [-0.25, -0.2) is 8.42 Å². The molecule has 0 fully saturated rings. The number of nitrogens with one attached hydrogen (secondary N) is 1. The summed E-state index contributed by atoms with van der Waals surface area (Å²) < 4.78 is 32.1. The van der Waals surface area contributed by atoms with Crippen LogP contribution in [0.3, 0.4) is 0 Å². The van der Waals surface area contributed by atoms with Crippen LogP contribution in [0, 0.1) is 0 Å². The molecule has 0 unspecified atom stereocenters. The molecule has 0 aromatic heterocycles. The Labute approximate surface area is 215 Å². The molecular weight excluding hydrogens is 478 g/mol. The van der Waals surface area contributed by atoms with Gasteiger partial charge in [0, 0.05) is 25.0 Å². The van der Waals surface area contributed by atoms with Crippen LogP contribution < -0.4 is 14.4 Å². The Kier molecular flexibility index (Phi) is 10.3. The van der Waals surface area contributed by atoms with E-state index in [4.69, 9.17) is 4.74 Å². The van der Waals surface area contributed by atoms with E-state index in [1.807, 2.05) is 58.0 Å². The van der Waals surface area contributed by atoms with E-state index in [9.17, 15) is 18.0 Å². The predicted molar refractivity (Wildman–Crippen MR) is 143 cm³/mol. The number of benzene rings is 2.